The lowest BCUT2D eigenvalue weighted by Gasteiger charge is -2.12. The third-order valence-electron chi connectivity index (χ3n) is 3.55. The third kappa shape index (κ3) is 6.70. The number of phenols is 1. The monoisotopic (exact) mass is 426 g/mol. The average Bonchev–Trinajstić information content (AvgIpc) is 2.60. The van der Waals surface area contributed by atoms with Gasteiger partial charge in [0.05, 0.1) is 29.3 Å². The van der Waals surface area contributed by atoms with Crippen molar-refractivity contribution in [1.82, 2.24) is 0 Å². The molecule has 2 aromatic carbocycles. The largest absolute Gasteiger partial charge is 0.506 e. The van der Waals surface area contributed by atoms with Gasteiger partial charge in [0.15, 0.2) is 0 Å². The van der Waals surface area contributed by atoms with Crippen molar-refractivity contribution in [2.45, 2.75) is 25.2 Å². The van der Waals surface area contributed by atoms with Crippen LogP contribution in [0.5, 0.6) is 5.75 Å². The Labute approximate surface area is 169 Å². The molecule has 0 radical (unpaired) electrons. The van der Waals surface area contributed by atoms with Crippen LogP contribution < -0.4 is 10.0 Å². The van der Waals surface area contributed by atoms with Crippen LogP contribution in [0.25, 0.3) is 0 Å². The average molecular weight is 427 g/mol. The Hall–Kier alpha value is -2.29. The van der Waals surface area contributed by atoms with E-state index in [9.17, 15) is 18.3 Å². The molecule has 1 amide bonds. The number of hydrogen-bond acceptors (Lipinski definition) is 5. The molecule has 0 spiro atoms. The Balaban J connectivity index is 2.08. The number of hydrogen-bond donors (Lipinski definition) is 3. The molecule has 0 aliphatic heterocycles. The summed E-state index contributed by atoms with van der Waals surface area (Å²) in [6.45, 7) is 4.78. The number of anilines is 2. The Bertz CT molecular complexity index is 932. The van der Waals surface area contributed by atoms with Crippen LogP contribution in [0.2, 0.25) is 5.02 Å². The second kappa shape index (κ2) is 9.77. The number of halogens is 1. The molecule has 0 aliphatic carbocycles. The molecule has 3 N–H and O–H groups in total. The third-order valence-corrected chi connectivity index (χ3v) is 5.17. The molecule has 0 atom stereocenters. The summed E-state index contributed by atoms with van der Waals surface area (Å²) in [6, 6.07) is 9.90. The number of rotatable bonds is 9. The van der Waals surface area contributed by atoms with E-state index in [1.807, 2.05) is 13.8 Å². The molecule has 2 aromatic rings. The molecule has 152 valence electrons. The molecule has 0 aliphatic rings. The summed E-state index contributed by atoms with van der Waals surface area (Å²) in [5.41, 5.74) is 0.302. The minimum atomic E-state index is -3.93. The van der Waals surface area contributed by atoms with Gasteiger partial charge in [0.25, 0.3) is 10.0 Å². The maximum Gasteiger partial charge on any atom is 0.261 e. The molecular weight excluding hydrogens is 404 g/mol. The number of carbonyl (C=O) groups is 1. The van der Waals surface area contributed by atoms with E-state index >= 15 is 0 Å². The molecule has 0 heterocycles. The zero-order chi connectivity index (χ0) is 20.7. The molecular formula is C19H23ClN2O5S. The van der Waals surface area contributed by atoms with Crippen LogP contribution in [0.4, 0.5) is 11.4 Å². The van der Waals surface area contributed by atoms with E-state index in [1.54, 1.807) is 18.2 Å². The fourth-order valence-electron chi connectivity index (χ4n) is 2.25. The molecule has 0 bridgehead atoms. The molecule has 2 rings (SSSR count). The Morgan fingerprint density at radius 2 is 1.96 bits per heavy atom. The summed E-state index contributed by atoms with van der Waals surface area (Å²) >= 11 is 5.87. The SMILES string of the molecule is CC(C)COCCC(=O)Nc1cc(S(=O)(=O)Nc2cccc(Cl)c2)ccc1O. The van der Waals surface area contributed by atoms with Gasteiger partial charge in [-0.3, -0.25) is 9.52 Å². The second-order valence-corrected chi connectivity index (χ2v) is 8.68. The Morgan fingerprint density at radius 1 is 1.21 bits per heavy atom. The van der Waals surface area contributed by atoms with Crippen LogP contribution >= 0.6 is 11.6 Å². The number of nitrogens with one attached hydrogen (secondary N) is 2. The quantitative estimate of drug-likeness (QED) is 0.417. The lowest BCUT2D eigenvalue weighted by Crippen LogP contribution is -2.17. The minimum Gasteiger partial charge on any atom is -0.506 e. The lowest BCUT2D eigenvalue weighted by atomic mass is 10.2. The molecule has 0 aromatic heterocycles. The number of phenolic OH excluding ortho intramolecular Hbond substituents is 1. The van der Waals surface area contributed by atoms with Crippen molar-refractivity contribution in [2.75, 3.05) is 23.3 Å². The molecule has 7 nitrogen and oxygen atoms in total. The van der Waals surface area contributed by atoms with Gasteiger partial charge in [-0.2, -0.15) is 0 Å². The molecule has 0 saturated heterocycles. The van der Waals surface area contributed by atoms with E-state index in [0.717, 1.165) is 0 Å². The molecule has 0 unspecified atom stereocenters. The van der Waals surface area contributed by atoms with Gasteiger partial charge in [-0.05, 0) is 42.3 Å². The maximum absolute atomic E-state index is 12.6. The van der Waals surface area contributed by atoms with Crippen LogP contribution in [0.15, 0.2) is 47.4 Å². The lowest BCUT2D eigenvalue weighted by molar-refractivity contribution is -0.117. The first-order valence-electron chi connectivity index (χ1n) is 8.66. The normalized spacial score (nSPS) is 11.4. The van der Waals surface area contributed by atoms with Crippen molar-refractivity contribution in [3.63, 3.8) is 0 Å². The number of ether oxygens (including phenoxy) is 1. The van der Waals surface area contributed by atoms with Crippen LogP contribution in [-0.2, 0) is 19.6 Å². The fourth-order valence-corrected chi connectivity index (χ4v) is 3.51. The predicted molar refractivity (Wildman–Crippen MR) is 109 cm³/mol. The van der Waals surface area contributed by atoms with Crippen molar-refractivity contribution < 1.29 is 23.1 Å². The number of benzene rings is 2. The van der Waals surface area contributed by atoms with Gasteiger partial charge in [-0.25, -0.2) is 8.42 Å². The van der Waals surface area contributed by atoms with Crippen molar-refractivity contribution in [3.05, 3.63) is 47.5 Å². The zero-order valence-corrected chi connectivity index (χ0v) is 17.2. The van der Waals surface area contributed by atoms with Crippen molar-refractivity contribution >= 4 is 38.9 Å². The molecule has 0 fully saturated rings. The second-order valence-electron chi connectivity index (χ2n) is 6.56. The Morgan fingerprint density at radius 3 is 2.64 bits per heavy atom. The van der Waals surface area contributed by atoms with Crippen molar-refractivity contribution in [2.24, 2.45) is 5.92 Å². The van der Waals surface area contributed by atoms with Crippen molar-refractivity contribution in [1.29, 1.82) is 0 Å². The first-order valence-corrected chi connectivity index (χ1v) is 10.5. The summed E-state index contributed by atoms with van der Waals surface area (Å²) in [5.74, 6) is -0.268. The fraction of sp³-hybridized carbons (Fsp3) is 0.316. The van der Waals surface area contributed by atoms with Gasteiger partial charge in [0.2, 0.25) is 5.91 Å². The van der Waals surface area contributed by atoms with Crippen molar-refractivity contribution in [3.8, 4) is 5.75 Å². The van der Waals surface area contributed by atoms with E-state index in [-0.39, 0.29) is 29.4 Å². The highest BCUT2D eigenvalue weighted by molar-refractivity contribution is 7.92. The molecule has 0 saturated carbocycles. The Kier molecular flexibility index (Phi) is 7.68. The smallest absolute Gasteiger partial charge is 0.261 e. The first kappa shape index (κ1) is 22.0. The van der Waals surface area contributed by atoms with Gasteiger partial charge in [-0.15, -0.1) is 0 Å². The summed E-state index contributed by atoms with van der Waals surface area (Å²) < 4.78 is 32.9. The van der Waals surface area contributed by atoms with Crippen LogP contribution in [0, 0.1) is 5.92 Å². The van der Waals surface area contributed by atoms with Crippen LogP contribution in [-0.4, -0.2) is 32.6 Å². The zero-order valence-electron chi connectivity index (χ0n) is 15.6. The maximum atomic E-state index is 12.6. The molecule has 28 heavy (non-hydrogen) atoms. The van der Waals surface area contributed by atoms with E-state index in [1.165, 1.54) is 24.3 Å². The summed E-state index contributed by atoms with van der Waals surface area (Å²) in [7, 11) is -3.93. The number of carbonyl (C=O) groups excluding carboxylic acids is 1. The number of amides is 1. The van der Waals surface area contributed by atoms with E-state index in [0.29, 0.717) is 23.2 Å². The van der Waals surface area contributed by atoms with Gasteiger partial charge in [0, 0.05) is 11.6 Å². The standard InChI is InChI=1S/C19H23ClN2O5S/c1-13(2)12-27-9-8-19(24)21-17-11-16(6-7-18(17)23)28(25,26)22-15-5-3-4-14(20)10-15/h3-7,10-11,13,22-23H,8-9,12H2,1-2H3,(H,21,24). The van der Waals surface area contributed by atoms with Gasteiger partial charge in [-0.1, -0.05) is 31.5 Å². The van der Waals surface area contributed by atoms with E-state index in [2.05, 4.69) is 10.0 Å². The van der Waals surface area contributed by atoms with Gasteiger partial charge in [0.1, 0.15) is 5.75 Å². The summed E-state index contributed by atoms with van der Waals surface area (Å²) in [5, 5.41) is 12.8. The summed E-state index contributed by atoms with van der Waals surface area (Å²) in [6.07, 6.45) is 0.0872. The van der Waals surface area contributed by atoms with E-state index in [4.69, 9.17) is 16.3 Å². The highest BCUT2D eigenvalue weighted by atomic mass is 35.5. The van der Waals surface area contributed by atoms with Crippen LogP contribution in [0.1, 0.15) is 20.3 Å². The highest BCUT2D eigenvalue weighted by Crippen LogP contribution is 2.28. The first-order chi connectivity index (χ1) is 13.2. The highest BCUT2D eigenvalue weighted by Gasteiger charge is 2.17. The van der Waals surface area contributed by atoms with Gasteiger partial charge >= 0.3 is 0 Å². The van der Waals surface area contributed by atoms with Gasteiger partial charge < -0.3 is 15.2 Å². The predicted octanol–water partition coefficient (Wildman–Crippen LogP) is 3.85. The number of aromatic hydroxyl groups is 1. The topological polar surface area (TPSA) is 105 Å². The van der Waals surface area contributed by atoms with Crippen LogP contribution in [0.3, 0.4) is 0 Å². The molecule has 9 heteroatoms. The van der Waals surface area contributed by atoms with E-state index < -0.39 is 15.9 Å². The minimum absolute atomic E-state index is 0.00262. The number of sulfonamides is 1. The summed E-state index contributed by atoms with van der Waals surface area (Å²) in [4.78, 5) is 11.9.